The molecule has 3 amide bonds. The molecular formula is C30H38N4O4. The van der Waals surface area contributed by atoms with Crippen LogP contribution in [0.25, 0.3) is 0 Å². The van der Waals surface area contributed by atoms with Gasteiger partial charge in [0.15, 0.2) is 0 Å². The highest BCUT2D eigenvalue weighted by Crippen LogP contribution is 2.31. The zero-order valence-electron chi connectivity index (χ0n) is 22.6. The zero-order valence-corrected chi connectivity index (χ0v) is 22.6. The second kappa shape index (κ2) is 12.7. The lowest BCUT2D eigenvalue weighted by molar-refractivity contribution is -0.132. The van der Waals surface area contributed by atoms with Crippen molar-refractivity contribution in [3.63, 3.8) is 0 Å². The van der Waals surface area contributed by atoms with Gasteiger partial charge in [0.2, 0.25) is 12.1 Å². The van der Waals surface area contributed by atoms with Crippen LogP contribution in [0.3, 0.4) is 0 Å². The highest BCUT2D eigenvalue weighted by molar-refractivity contribution is 6.15. The molecule has 0 radical (unpaired) electrons. The van der Waals surface area contributed by atoms with Gasteiger partial charge in [-0.3, -0.25) is 24.8 Å². The summed E-state index contributed by atoms with van der Waals surface area (Å²) in [5, 5.41) is 2.65. The Morgan fingerprint density at radius 3 is 2.37 bits per heavy atom. The second-order valence-corrected chi connectivity index (χ2v) is 10.3. The number of benzodiazepines with no additional fused rings is 1. The fourth-order valence-electron chi connectivity index (χ4n) is 5.07. The van der Waals surface area contributed by atoms with Gasteiger partial charge in [0.25, 0.3) is 5.91 Å². The minimum Gasteiger partial charge on any atom is -0.445 e. The molecule has 4 rings (SSSR count). The van der Waals surface area contributed by atoms with Crippen LogP contribution in [0.2, 0.25) is 0 Å². The van der Waals surface area contributed by atoms with Crippen molar-refractivity contribution in [3.8, 4) is 0 Å². The van der Waals surface area contributed by atoms with E-state index in [1.165, 1.54) is 11.3 Å². The van der Waals surface area contributed by atoms with Gasteiger partial charge in [-0.2, -0.15) is 0 Å². The number of anilines is 1. The molecule has 1 atom stereocenters. The minimum atomic E-state index is -1.21. The molecule has 0 spiro atoms. The maximum atomic E-state index is 14.0. The Hall–Kier alpha value is -3.68. The number of amides is 3. The monoisotopic (exact) mass is 518 g/mol. The number of para-hydroxylation sites is 1. The Kier molecular flexibility index (Phi) is 9.15. The number of nitrogens with one attached hydrogen (secondary N) is 1. The summed E-state index contributed by atoms with van der Waals surface area (Å²) in [6.07, 6.45) is 3.40. The average molecular weight is 519 g/mol. The molecular weight excluding hydrogens is 480 g/mol. The predicted octanol–water partition coefficient (Wildman–Crippen LogP) is 4.83. The lowest BCUT2D eigenvalue weighted by Crippen LogP contribution is -2.51. The maximum Gasteiger partial charge on any atom is 0.409 e. The highest BCUT2D eigenvalue weighted by Gasteiger charge is 2.36. The van der Waals surface area contributed by atoms with E-state index < -0.39 is 18.2 Å². The number of benzene rings is 2. The molecule has 0 unspecified atom stereocenters. The third-order valence-electron chi connectivity index (χ3n) is 7.07. The van der Waals surface area contributed by atoms with Crippen molar-refractivity contribution in [2.75, 3.05) is 24.5 Å². The Morgan fingerprint density at radius 1 is 1.00 bits per heavy atom. The third kappa shape index (κ3) is 6.60. The summed E-state index contributed by atoms with van der Waals surface area (Å²) in [5.41, 5.74) is 3.89. The number of aryl methyl sites for hydroxylation is 1. The van der Waals surface area contributed by atoms with Crippen LogP contribution in [-0.2, 0) is 20.9 Å². The lowest BCUT2D eigenvalue weighted by atomic mass is 9.96. The molecule has 38 heavy (non-hydrogen) atoms. The molecule has 8 nitrogen and oxygen atoms in total. The Balaban J connectivity index is 1.61. The van der Waals surface area contributed by atoms with Crippen molar-refractivity contribution in [1.29, 1.82) is 0 Å². The Bertz CT molecular complexity index is 1170. The lowest BCUT2D eigenvalue weighted by Gasteiger charge is -2.30. The average Bonchev–Trinajstić information content (AvgIpc) is 2.99. The van der Waals surface area contributed by atoms with Crippen molar-refractivity contribution in [2.24, 2.45) is 10.9 Å². The van der Waals surface area contributed by atoms with Crippen LogP contribution in [0.15, 0.2) is 53.5 Å². The summed E-state index contributed by atoms with van der Waals surface area (Å²) in [5.74, 6) is -0.556. The fourth-order valence-corrected chi connectivity index (χ4v) is 5.07. The Morgan fingerprint density at radius 2 is 1.68 bits per heavy atom. The predicted molar refractivity (Wildman–Crippen MR) is 148 cm³/mol. The third-order valence-corrected chi connectivity index (χ3v) is 7.07. The van der Waals surface area contributed by atoms with Crippen LogP contribution >= 0.6 is 0 Å². The molecule has 2 heterocycles. The van der Waals surface area contributed by atoms with Gasteiger partial charge in [0, 0.05) is 24.4 Å². The van der Waals surface area contributed by atoms with Gasteiger partial charge in [0.05, 0.1) is 5.69 Å². The number of ether oxygens (including phenoxy) is 1. The zero-order chi connectivity index (χ0) is 27.1. The van der Waals surface area contributed by atoms with E-state index in [0.29, 0.717) is 24.5 Å². The van der Waals surface area contributed by atoms with E-state index >= 15 is 0 Å². The molecule has 202 valence electrons. The van der Waals surface area contributed by atoms with Crippen molar-refractivity contribution >= 4 is 29.3 Å². The fraction of sp³-hybridized carbons (Fsp3) is 0.467. The summed E-state index contributed by atoms with van der Waals surface area (Å²) in [4.78, 5) is 48.3. The molecule has 2 aliphatic rings. The van der Waals surface area contributed by atoms with E-state index in [1.807, 2.05) is 74.2 Å². The summed E-state index contributed by atoms with van der Waals surface area (Å²) in [6, 6.07) is 15.1. The number of likely N-dealkylation sites (tertiary alicyclic amines) is 1. The smallest absolute Gasteiger partial charge is 0.409 e. The van der Waals surface area contributed by atoms with Crippen molar-refractivity contribution in [3.05, 3.63) is 65.2 Å². The SMILES string of the molecule is Cc1cccc2c1N(CC(=O)N1CCCCCCC1)C(=O)[C@@H](NC(=O)OCc1ccccc1)N=C2C(C)C. The van der Waals surface area contributed by atoms with E-state index in [9.17, 15) is 14.4 Å². The molecule has 0 aromatic heterocycles. The first kappa shape index (κ1) is 27.4. The number of carbonyl (C=O) groups is 3. The standard InChI is InChI=1S/C30H38N4O4/c1-21(2)26-24-16-12-13-22(3)27(24)34(19-25(35)33-17-10-5-4-6-11-18-33)29(36)28(31-26)32-30(37)38-20-23-14-8-7-9-15-23/h7-9,12-16,21,28H,4-6,10-11,17-20H2,1-3H3,(H,32,37)/t28-/m1/s1. The number of carbonyl (C=O) groups excluding carboxylic acids is 3. The van der Waals surface area contributed by atoms with E-state index in [0.717, 1.165) is 42.4 Å². The van der Waals surface area contributed by atoms with Crippen molar-refractivity contribution < 1.29 is 19.1 Å². The maximum absolute atomic E-state index is 14.0. The molecule has 1 N–H and O–H groups in total. The molecule has 0 aliphatic carbocycles. The topological polar surface area (TPSA) is 91.3 Å². The van der Waals surface area contributed by atoms with Gasteiger partial charge in [-0.15, -0.1) is 0 Å². The number of alkyl carbamates (subject to hydrolysis) is 1. The van der Waals surface area contributed by atoms with Crippen molar-refractivity contribution in [2.45, 2.75) is 65.6 Å². The first-order chi connectivity index (χ1) is 18.3. The van der Waals surface area contributed by atoms with Crippen molar-refractivity contribution in [1.82, 2.24) is 10.2 Å². The summed E-state index contributed by atoms with van der Waals surface area (Å²) < 4.78 is 5.39. The van der Waals surface area contributed by atoms with Crippen LogP contribution < -0.4 is 10.2 Å². The summed E-state index contributed by atoms with van der Waals surface area (Å²) in [6.45, 7) is 7.30. The van der Waals surface area contributed by atoms with Gasteiger partial charge in [-0.1, -0.05) is 81.6 Å². The quantitative estimate of drug-likeness (QED) is 0.593. The molecule has 1 saturated heterocycles. The Labute approximate surface area is 225 Å². The molecule has 2 aromatic carbocycles. The van der Waals surface area contributed by atoms with E-state index in [2.05, 4.69) is 5.32 Å². The number of aliphatic imine (C=N–C) groups is 1. The summed E-state index contributed by atoms with van der Waals surface area (Å²) >= 11 is 0. The van der Waals surface area contributed by atoms with Gasteiger partial charge in [-0.25, -0.2) is 4.79 Å². The van der Waals surface area contributed by atoms with Crippen LogP contribution in [0, 0.1) is 12.8 Å². The molecule has 8 heteroatoms. The van der Waals surface area contributed by atoms with Crippen LogP contribution in [0.4, 0.5) is 10.5 Å². The van der Waals surface area contributed by atoms with Gasteiger partial charge < -0.3 is 9.64 Å². The number of fused-ring (bicyclic) bond motifs is 1. The van der Waals surface area contributed by atoms with Crippen LogP contribution in [-0.4, -0.2) is 54.3 Å². The molecule has 2 aromatic rings. The molecule has 0 bridgehead atoms. The number of hydrogen-bond donors (Lipinski definition) is 1. The molecule has 0 saturated carbocycles. The summed E-state index contributed by atoms with van der Waals surface area (Å²) in [7, 11) is 0. The number of hydrogen-bond acceptors (Lipinski definition) is 5. The first-order valence-electron chi connectivity index (χ1n) is 13.6. The molecule has 1 fully saturated rings. The highest BCUT2D eigenvalue weighted by atomic mass is 16.5. The largest absolute Gasteiger partial charge is 0.445 e. The first-order valence-corrected chi connectivity index (χ1v) is 13.6. The second-order valence-electron chi connectivity index (χ2n) is 10.3. The van der Waals surface area contributed by atoms with Crippen LogP contribution in [0.5, 0.6) is 0 Å². The van der Waals surface area contributed by atoms with E-state index in [1.54, 1.807) is 0 Å². The van der Waals surface area contributed by atoms with Gasteiger partial charge in [-0.05, 0) is 36.8 Å². The van der Waals surface area contributed by atoms with Crippen LogP contribution in [0.1, 0.15) is 62.6 Å². The number of rotatable bonds is 6. The number of nitrogens with zero attached hydrogens (tertiary/aromatic N) is 3. The minimum absolute atomic E-state index is 0.0157. The molecule has 2 aliphatic heterocycles. The normalized spacial score (nSPS) is 18.2. The van der Waals surface area contributed by atoms with Gasteiger partial charge >= 0.3 is 6.09 Å². The van der Waals surface area contributed by atoms with Gasteiger partial charge in [0.1, 0.15) is 13.2 Å². The van der Waals surface area contributed by atoms with E-state index in [-0.39, 0.29) is 25.0 Å². The van der Waals surface area contributed by atoms with E-state index in [4.69, 9.17) is 9.73 Å².